The van der Waals surface area contributed by atoms with Crippen LogP contribution in [0.3, 0.4) is 0 Å². The molecule has 1 unspecified atom stereocenters. The van der Waals surface area contributed by atoms with Crippen LogP contribution in [0.2, 0.25) is 5.02 Å². The Labute approximate surface area is 174 Å². The Balaban J connectivity index is 2.00. The van der Waals surface area contributed by atoms with Gasteiger partial charge < -0.3 is 4.72 Å². The molecule has 156 valence electrons. The van der Waals surface area contributed by atoms with Gasteiger partial charge in [-0.15, -0.1) is 0 Å². The Bertz CT molecular complexity index is 1140. The molecule has 0 aliphatic heterocycles. The lowest BCUT2D eigenvalue weighted by molar-refractivity contribution is -0.137. The Morgan fingerprint density at radius 1 is 1.07 bits per heavy atom. The van der Waals surface area contributed by atoms with Crippen molar-refractivity contribution in [1.29, 1.82) is 0 Å². The van der Waals surface area contributed by atoms with Gasteiger partial charge in [0, 0.05) is 29.6 Å². The van der Waals surface area contributed by atoms with Crippen molar-refractivity contribution in [2.75, 3.05) is 4.72 Å². The molecule has 0 aliphatic rings. The van der Waals surface area contributed by atoms with E-state index in [4.69, 9.17) is 11.6 Å². The van der Waals surface area contributed by atoms with Crippen molar-refractivity contribution in [2.45, 2.75) is 11.1 Å². The third kappa shape index (κ3) is 4.65. The quantitative estimate of drug-likeness (QED) is 0.410. The second-order valence-electron chi connectivity index (χ2n) is 5.89. The fourth-order valence-corrected chi connectivity index (χ4v) is 3.60. The van der Waals surface area contributed by atoms with E-state index in [-0.39, 0.29) is 21.7 Å². The molecule has 0 saturated heterocycles. The van der Waals surface area contributed by atoms with Crippen LogP contribution in [0.4, 0.5) is 27.6 Å². The highest BCUT2D eigenvalue weighted by atomic mass is 35.5. The highest BCUT2D eigenvalue weighted by Crippen LogP contribution is 2.36. The lowest BCUT2D eigenvalue weighted by atomic mass is 10.0. The number of ketones is 1. The number of aromatic nitrogens is 1. The van der Waals surface area contributed by atoms with Crippen molar-refractivity contribution in [1.82, 2.24) is 4.98 Å². The Morgan fingerprint density at radius 3 is 2.40 bits per heavy atom. The molecular formula is C19H10ClF5N2O2S. The van der Waals surface area contributed by atoms with Gasteiger partial charge in [0.05, 0.1) is 21.2 Å². The van der Waals surface area contributed by atoms with Gasteiger partial charge in [0.15, 0.2) is 17.4 Å². The van der Waals surface area contributed by atoms with Gasteiger partial charge in [0.2, 0.25) is 0 Å². The number of halogens is 6. The molecule has 1 aromatic heterocycles. The summed E-state index contributed by atoms with van der Waals surface area (Å²) in [7, 11) is -2.35. The zero-order chi connectivity index (χ0) is 22.1. The number of alkyl halides is 3. The van der Waals surface area contributed by atoms with E-state index in [1.807, 2.05) is 0 Å². The smallest absolute Gasteiger partial charge is 0.300 e. The maximum atomic E-state index is 13.7. The van der Waals surface area contributed by atoms with E-state index < -0.39 is 45.2 Å². The van der Waals surface area contributed by atoms with E-state index in [9.17, 15) is 31.0 Å². The summed E-state index contributed by atoms with van der Waals surface area (Å²) >= 11 is 5.54. The molecule has 4 nitrogen and oxygen atoms in total. The molecule has 0 spiro atoms. The van der Waals surface area contributed by atoms with Crippen LogP contribution in [0, 0.1) is 11.6 Å². The lowest BCUT2D eigenvalue weighted by Crippen LogP contribution is -2.13. The Kier molecular flexibility index (Phi) is 6.18. The van der Waals surface area contributed by atoms with Gasteiger partial charge in [-0.2, -0.15) is 13.2 Å². The number of nitrogens with one attached hydrogen (secondary N) is 1. The predicted octanol–water partition coefficient (Wildman–Crippen LogP) is 5.40. The van der Waals surface area contributed by atoms with Gasteiger partial charge >= 0.3 is 6.18 Å². The highest BCUT2D eigenvalue weighted by molar-refractivity contribution is 7.86. The molecule has 0 fully saturated rings. The van der Waals surface area contributed by atoms with Crippen LogP contribution in [0.5, 0.6) is 0 Å². The SMILES string of the molecule is O=C(c1cccnc1)c1cc(F)c(F)cc1NS(=O)c1ccc(Cl)c(C(F)(F)F)c1. The summed E-state index contributed by atoms with van der Waals surface area (Å²) in [6.07, 6.45) is -2.20. The van der Waals surface area contributed by atoms with Crippen LogP contribution in [0.1, 0.15) is 21.5 Å². The number of carbonyl (C=O) groups excluding carboxylic acids is 1. The van der Waals surface area contributed by atoms with Crippen molar-refractivity contribution >= 4 is 34.1 Å². The van der Waals surface area contributed by atoms with E-state index >= 15 is 0 Å². The fraction of sp³-hybridized carbons (Fsp3) is 0.0526. The van der Waals surface area contributed by atoms with Crippen molar-refractivity contribution < 1.29 is 31.0 Å². The number of nitrogens with zero attached hydrogens (tertiary/aromatic N) is 1. The largest absolute Gasteiger partial charge is 0.417 e. The summed E-state index contributed by atoms with van der Waals surface area (Å²) in [5.74, 6) is -3.43. The van der Waals surface area contributed by atoms with Gasteiger partial charge in [0.1, 0.15) is 11.0 Å². The molecule has 2 aromatic carbocycles. The maximum Gasteiger partial charge on any atom is 0.417 e. The fourth-order valence-electron chi connectivity index (χ4n) is 2.47. The Hall–Kier alpha value is -2.85. The molecule has 0 aliphatic carbocycles. The van der Waals surface area contributed by atoms with Gasteiger partial charge in [-0.05, 0) is 36.4 Å². The molecule has 0 radical (unpaired) electrons. The molecule has 0 saturated carbocycles. The average Bonchev–Trinajstić information content (AvgIpc) is 2.70. The minimum atomic E-state index is -4.79. The number of carbonyl (C=O) groups is 1. The normalized spacial score (nSPS) is 12.5. The van der Waals surface area contributed by atoms with E-state index in [0.717, 1.165) is 12.1 Å². The first-order valence-corrected chi connectivity index (χ1v) is 9.59. The molecule has 30 heavy (non-hydrogen) atoms. The number of hydrogen-bond donors (Lipinski definition) is 1. The van der Waals surface area contributed by atoms with E-state index in [2.05, 4.69) is 9.71 Å². The third-order valence-electron chi connectivity index (χ3n) is 3.89. The van der Waals surface area contributed by atoms with Crippen LogP contribution in [-0.4, -0.2) is 15.0 Å². The predicted molar refractivity (Wildman–Crippen MR) is 101 cm³/mol. The van der Waals surface area contributed by atoms with E-state index in [1.54, 1.807) is 0 Å². The molecule has 11 heteroatoms. The minimum absolute atomic E-state index is 0.0446. The number of rotatable bonds is 5. The van der Waals surface area contributed by atoms with Gasteiger partial charge in [0.25, 0.3) is 0 Å². The number of anilines is 1. The lowest BCUT2D eigenvalue weighted by Gasteiger charge is -2.14. The first-order valence-electron chi connectivity index (χ1n) is 8.07. The van der Waals surface area contributed by atoms with Gasteiger partial charge in [-0.1, -0.05) is 11.6 Å². The third-order valence-corrected chi connectivity index (χ3v) is 5.31. The molecule has 3 rings (SSSR count). The second-order valence-corrected chi connectivity index (χ2v) is 7.51. The summed E-state index contributed by atoms with van der Waals surface area (Å²) in [6.45, 7) is 0. The first-order chi connectivity index (χ1) is 14.1. The summed E-state index contributed by atoms with van der Waals surface area (Å²) in [5.41, 5.74) is -1.91. The Morgan fingerprint density at radius 2 is 1.77 bits per heavy atom. The first kappa shape index (κ1) is 21.8. The standard InChI is InChI=1S/C19H10ClF5N2O2S/c20-14-4-3-11(6-13(14)19(23,24)25)30(29)27-17-8-16(22)15(21)7-12(17)18(28)10-2-1-5-26-9-10/h1-9,27H. The van der Waals surface area contributed by atoms with Crippen molar-refractivity contribution in [2.24, 2.45) is 0 Å². The minimum Gasteiger partial charge on any atom is -0.300 e. The molecular weight excluding hydrogens is 451 g/mol. The van der Waals surface area contributed by atoms with Crippen LogP contribution in [-0.2, 0) is 17.2 Å². The zero-order valence-corrected chi connectivity index (χ0v) is 16.2. The molecule has 1 atom stereocenters. The topological polar surface area (TPSA) is 59.1 Å². The van der Waals surface area contributed by atoms with Crippen LogP contribution >= 0.6 is 11.6 Å². The van der Waals surface area contributed by atoms with Crippen LogP contribution in [0.15, 0.2) is 59.8 Å². The average molecular weight is 461 g/mol. The maximum absolute atomic E-state index is 13.7. The van der Waals surface area contributed by atoms with Gasteiger partial charge in [-0.25, -0.2) is 13.0 Å². The molecule has 0 bridgehead atoms. The van der Waals surface area contributed by atoms with Gasteiger partial charge in [-0.3, -0.25) is 9.78 Å². The summed E-state index contributed by atoms with van der Waals surface area (Å²) < 4.78 is 81.4. The molecule has 3 aromatic rings. The number of benzene rings is 2. The van der Waals surface area contributed by atoms with Crippen molar-refractivity contribution in [3.8, 4) is 0 Å². The van der Waals surface area contributed by atoms with Crippen LogP contribution < -0.4 is 4.72 Å². The second kappa shape index (κ2) is 8.49. The van der Waals surface area contributed by atoms with E-state index in [0.29, 0.717) is 18.2 Å². The number of hydrogen-bond acceptors (Lipinski definition) is 3. The summed E-state index contributed by atoms with van der Waals surface area (Å²) in [5, 5.41) is -0.594. The monoisotopic (exact) mass is 460 g/mol. The van der Waals surface area contributed by atoms with Crippen molar-refractivity contribution in [3.05, 3.63) is 88.2 Å². The molecule has 0 amide bonds. The van der Waals surface area contributed by atoms with E-state index in [1.165, 1.54) is 24.5 Å². The molecule has 1 N–H and O–H groups in total. The molecule has 1 heterocycles. The highest BCUT2D eigenvalue weighted by Gasteiger charge is 2.34. The number of pyridine rings is 1. The van der Waals surface area contributed by atoms with Crippen molar-refractivity contribution in [3.63, 3.8) is 0 Å². The summed E-state index contributed by atoms with van der Waals surface area (Å²) in [6, 6.07) is 6.57. The zero-order valence-electron chi connectivity index (χ0n) is 14.6. The van der Waals surface area contributed by atoms with Crippen LogP contribution in [0.25, 0.3) is 0 Å². The summed E-state index contributed by atoms with van der Waals surface area (Å²) in [4.78, 5) is 16.1.